The molecule has 132 valence electrons. The maximum Gasteiger partial charge on any atom is 0.155 e. The summed E-state index contributed by atoms with van der Waals surface area (Å²) in [7, 11) is 0. The van der Waals surface area contributed by atoms with E-state index in [1.54, 1.807) is 6.92 Å². The zero-order chi connectivity index (χ0) is 17.3. The molecule has 3 saturated carbocycles. The zero-order valence-electron chi connectivity index (χ0n) is 15.2. The van der Waals surface area contributed by atoms with Gasteiger partial charge in [0, 0.05) is 12.3 Å². The average molecular weight is 330 g/mol. The second-order valence-corrected chi connectivity index (χ2v) is 9.40. The van der Waals surface area contributed by atoms with Gasteiger partial charge in [0.1, 0.15) is 5.78 Å². The molecular weight excluding hydrogens is 300 g/mol. The Bertz CT molecular complexity index is 621. The highest BCUT2D eigenvalue weighted by Gasteiger charge is 2.62. The first-order valence-corrected chi connectivity index (χ1v) is 9.70. The lowest BCUT2D eigenvalue weighted by molar-refractivity contribution is -0.131. The first-order chi connectivity index (χ1) is 11.3. The molecule has 4 aliphatic rings. The third-order valence-corrected chi connectivity index (χ3v) is 8.43. The summed E-state index contributed by atoms with van der Waals surface area (Å²) in [6, 6.07) is 0. The first-order valence-electron chi connectivity index (χ1n) is 9.70. The second kappa shape index (κ2) is 5.27. The van der Waals surface area contributed by atoms with Gasteiger partial charge in [-0.3, -0.25) is 9.59 Å². The van der Waals surface area contributed by atoms with Gasteiger partial charge in [-0.1, -0.05) is 19.4 Å². The van der Waals surface area contributed by atoms with Gasteiger partial charge in [-0.05, 0) is 80.1 Å². The summed E-state index contributed by atoms with van der Waals surface area (Å²) in [6.07, 6.45) is 8.26. The van der Waals surface area contributed by atoms with Crippen molar-refractivity contribution in [1.82, 2.24) is 0 Å². The number of carbonyl (C=O) groups is 2. The Morgan fingerprint density at radius 2 is 1.92 bits per heavy atom. The van der Waals surface area contributed by atoms with Crippen molar-refractivity contribution in [3.05, 3.63) is 11.6 Å². The molecule has 0 aromatic heterocycles. The van der Waals surface area contributed by atoms with E-state index < -0.39 is 6.10 Å². The highest BCUT2D eigenvalue weighted by atomic mass is 16.3. The first kappa shape index (κ1) is 16.5. The molecule has 24 heavy (non-hydrogen) atoms. The lowest BCUT2D eigenvalue weighted by Crippen LogP contribution is -2.51. The molecule has 0 bridgehead atoms. The summed E-state index contributed by atoms with van der Waals surface area (Å²) in [5, 5.41) is 10.6. The largest absolute Gasteiger partial charge is 0.392 e. The molecule has 0 saturated heterocycles. The highest BCUT2D eigenvalue weighted by molar-refractivity contribution is 5.91. The molecule has 4 rings (SSSR count). The number of Topliss-reactive ketones (excluding diaryl/α,β-unsaturated/α-hetero) is 1. The van der Waals surface area contributed by atoms with Gasteiger partial charge in [0.25, 0.3) is 0 Å². The Balaban J connectivity index is 1.69. The Morgan fingerprint density at radius 3 is 2.62 bits per heavy atom. The van der Waals surface area contributed by atoms with E-state index in [9.17, 15) is 14.7 Å². The minimum Gasteiger partial charge on any atom is -0.392 e. The maximum atomic E-state index is 12.2. The van der Waals surface area contributed by atoms with Gasteiger partial charge < -0.3 is 5.11 Å². The summed E-state index contributed by atoms with van der Waals surface area (Å²) >= 11 is 0. The van der Waals surface area contributed by atoms with E-state index in [1.807, 2.05) is 6.08 Å². The van der Waals surface area contributed by atoms with Crippen LogP contribution in [0.1, 0.15) is 65.7 Å². The molecule has 0 aromatic rings. The van der Waals surface area contributed by atoms with E-state index >= 15 is 0 Å². The van der Waals surface area contributed by atoms with Crippen molar-refractivity contribution in [2.45, 2.75) is 71.8 Å². The summed E-state index contributed by atoms with van der Waals surface area (Å²) in [5.74, 6) is 1.95. The van der Waals surface area contributed by atoms with E-state index in [2.05, 4.69) is 13.8 Å². The highest BCUT2D eigenvalue weighted by Crippen LogP contribution is 2.66. The minimum absolute atomic E-state index is 0.0333. The lowest BCUT2D eigenvalue weighted by Gasteiger charge is -2.57. The Hall–Kier alpha value is -0.960. The van der Waals surface area contributed by atoms with Crippen LogP contribution >= 0.6 is 0 Å². The topological polar surface area (TPSA) is 54.4 Å². The number of rotatable bonds is 1. The van der Waals surface area contributed by atoms with Crippen LogP contribution in [0.4, 0.5) is 0 Å². The number of aliphatic hydroxyl groups is 1. The molecule has 3 nitrogen and oxygen atoms in total. The summed E-state index contributed by atoms with van der Waals surface area (Å²) < 4.78 is 0. The quantitative estimate of drug-likeness (QED) is 0.797. The molecule has 0 spiro atoms. The molecule has 4 aliphatic carbocycles. The van der Waals surface area contributed by atoms with Gasteiger partial charge in [-0.25, -0.2) is 0 Å². The van der Waals surface area contributed by atoms with Crippen LogP contribution in [0.5, 0.6) is 0 Å². The van der Waals surface area contributed by atoms with Gasteiger partial charge >= 0.3 is 0 Å². The number of aliphatic hydroxyl groups excluding tert-OH is 1. The number of carbonyl (C=O) groups excluding carboxylic acids is 2. The molecule has 7 atom stereocenters. The number of hydrogen-bond donors (Lipinski definition) is 1. The standard InChI is InChI=1S/C21H30O3/c1-12(22)19-18(24)11-17-15-5-4-13-10-14(23)6-8-20(13,2)16(15)7-9-21(17,19)3/h10,15-19,24H,4-9,11H2,1-3H3. The smallest absolute Gasteiger partial charge is 0.155 e. The summed E-state index contributed by atoms with van der Waals surface area (Å²) in [6.45, 7) is 6.29. The van der Waals surface area contributed by atoms with Crippen LogP contribution in [0.15, 0.2) is 11.6 Å². The monoisotopic (exact) mass is 330 g/mol. The second-order valence-electron chi connectivity index (χ2n) is 9.40. The van der Waals surface area contributed by atoms with Crippen LogP contribution in [-0.4, -0.2) is 22.8 Å². The van der Waals surface area contributed by atoms with E-state index in [4.69, 9.17) is 0 Å². The molecular formula is C21H30O3. The lowest BCUT2D eigenvalue weighted by atomic mass is 9.46. The van der Waals surface area contributed by atoms with Crippen molar-refractivity contribution in [3.8, 4) is 0 Å². The van der Waals surface area contributed by atoms with Crippen LogP contribution in [0.25, 0.3) is 0 Å². The van der Waals surface area contributed by atoms with E-state index in [1.165, 1.54) is 5.57 Å². The normalized spacial score (nSPS) is 50.6. The van der Waals surface area contributed by atoms with Gasteiger partial charge in [-0.15, -0.1) is 0 Å². The predicted octanol–water partition coefficient (Wildman–Crippen LogP) is 3.69. The molecule has 3 heteroatoms. The van der Waals surface area contributed by atoms with Crippen LogP contribution < -0.4 is 0 Å². The fraction of sp³-hybridized carbons (Fsp3) is 0.810. The van der Waals surface area contributed by atoms with Crippen LogP contribution in [0, 0.1) is 34.5 Å². The molecule has 7 unspecified atom stereocenters. The number of hydrogen-bond acceptors (Lipinski definition) is 3. The van der Waals surface area contributed by atoms with Crippen molar-refractivity contribution in [1.29, 1.82) is 0 Å². The molecule has 0 aliphatic heterocycles. The molecule has 0 amide bonds. The fourth-order valence-corrected chi connectivity index (χ4v) is 7.31. The van der Waals surface area contributed by atoms with Gasteiger partial charge in [0.2, 0.25) is 0 Å². The van der Waals surface area contributed by atoms with Gasteiger partial charge in [0.15, 0.2) is 5.78 Å². The zero-order valence-corrected chi connectivity index (χ0v) is 15.2. The number of fused-ring (bicyclic) bond motifs is 5. The van der Waals surface area contributed by atoms with Crippen molar-refractivity contribution in [3.63, 3.8) is 0 Å². The van der Waals surface area contributed by atoms with Crippen LogP contribution in [-0.2, 0) is 9.59 Å². The fourth-order valence-electron chi connectivity index (χ4n) is 7.31. The third kappa shape index (κ3) is 2.06. The van der Waals surface area contributed by atoms with Crippen molar-refractivity contribution in [2.75, 3.05) is 0 Å². The summed E-state index contributed by atoms with van der Waals surface area (Å²) in [5.41, 5.74) is 1.51. The minimum atomic E-state index is -0.464. The third-order valence-electron chi connectivity index (χ3n) is 8.43. The Morgan fingerprint density at radius 1 is 1.17 bits per heavy atom. The average Bonchev–Trinajstić information content (AvgIpc) is 2.78. The van der Waals surface area contributed by atoms with Crippen molar-refractivity contribution in [2.24, 2.45) is 34.5 Å². The number of allylic oxidation sites excluding steroid dienone is 1. The van der Waals surface area contributed by atoms with Crippen molar-refractivity contribution < 1.29 is 14.7 Å². The van der Waals surface area contributed by atoms with E-state index in [-0.39, 0.29) is 22.5 Å². The predicted molar refractivity (Wildman–Crippen MR) is 92.3 cm³/mol. The Labute approximate surface area is 144 Å². The molecule has 0 radical (unpaired) electrons. The van der Waals surface area contributed by atoms with Gasteiger partial charge in [0.05, 0.1) is 6.10 Å². The van der Waals surface area contributed by atoms with E-state index in [0.717, 1.165) is 38.5 Å². The molecule has 3 fully saturated rings. The SMILES string of the molecule is CC(=O)C1C(O)CC2C3CCC4=CC(=O)CCC4(C)C3CCC21C. The van der Waals surface area contributed by atoms with Crippen molar-refractivity contribution >= 4 is 11.6 Å². The molecule has 1 N–H and O–H groups in total. The Kier molecular flexibility index (Phi) is 3.62. The van der Waals surface area contributed by atoms with E-state index in [0.29, 0.717) is 30.0 Å². The molecule has 0 heterocycles. The van der Waals surface area contributed by atoms with Crippen LogP contribution in [0.2, 0.25) is 0 Å². The maximum absolute atomic E-state index is 12.2. The van der Waals surface area contributed by atoms with Crippen LogP contribution in [0.3, 0.4) is 0 Å². The summed E-state index contributed by atoms with van der Waals surface area (Å²) in [4.78, 5) is 24.1. The number of ketones is 2. The van der Waals surface area contributed by atoms with Gasteiger partial charge in [-0.2, -0.15) is 0 Å². The molecule has 0 aromatic carbocycles.